The molecule has 0 spiro atoms. The Kier molecular flexibility index (Phi) is 4.14. The van der Waals surface area contributed by atoms with Crippen molar-refractivity contribution >= 4 is 17.5 Å². The molecule has 1 aromatic carbocycles. The molecule has 0 saturated carbocycles. The maximum atomic E-state index is 13.2. The Morgan fingerprint density at radius 3 is 2.93 bits per heavy atom. The quantitative estimate of drug-likeness (QED) is 0.620. The van der Waals surface area contributed by atoms with Crippen molar-refractivity contribution in [3.8, 4) is 12.3 Å². The van der Waals surface area contributed by atoms with Crippen LogP contribution < -0.4 is 5.32 Å². The van der Waals surface area contributed by atoms with E-state index in [1.807, 2.05) is 0 Å². The van der Waals surface area contributed by atoms with E-state index in [2.05, 4.69) is 11.2 Å². The van der Waals surface area contributed by atoms with E-state index in [9.17, 15) is 9.18 Å². The molecule has 0 fully saturated rings. The summed E-state index contributed by atoms with van der Waals surface area (Å²) < 4.78 is 13.2. The van der Waals surface area contributed by atoms with Crippen molar-refractivity contribution in [1.29, 1.82) is 0 Å². The minimum Gasteiger partial charge on any atom is -0.351 e. The largest absolute Gasteiger partial charge is 0.351 e. The van der Waals surface area contributed by atoms with Crippen molar-refractivity contribution < 1.29 is 9.18 Å². The van der Waals surface area contributed by atoms with Crippen LogP contribution in [-0.2, 0) is 0 Å². The average molecular weight is 226 g/mol. The summed E-state index contributed by atoms with van der Waals surface area (Å²) in [5, 5.41) is 2.57. The number of carbonyl (C=O) groups excluding carboxylic acids is 1. The number of benzene rings is 1. The van der Waals surface area contributed by atoms with Crippen LogP contribution in [-0.4, -0.2) is 12.5 Å². The van der Waals surface area contributed by atoms with Crippen LogP contribution in [0, 0.1) is 18.2 Å². The van der Waals surface area contributed by atoms with Crippen molar-refractivity contribution in [2.24, 2.45) is 0 Å². The van der Waals surface area contributed by atoms with Crippen LogP contribution in [0.15, 0.2) is 18.2 Å². The second-order valence-corrected chi connectivity index (χ2v) is 3.21. The van der Waals surface area contributed by atoms with E-state index in [0.29, 0.717) is 13.0 Å². The van der Waals surface area contributed by atoms with Crippen LogP contribution in [0.25, 0.3) is 0 Å². The zero-order chi connectivity index (χ0) is 11.3. The van der Waals surface area contributed by atoms with E-state index >= 15 is 0 Å². The minimum absolute atomic E-state index is 0.0909. The highest BCUT2D eigenvalue weighted by atomic mass is 35.5. The molecule has 0 unspecified atom stereocenters. The number of halogens is 2. The van der Waals surface area contributed by atoms with Gasteiger partial charge >= 0.3 is 0 Å². The summed E-state index contributed by atoms with van der Waals surface area (Å²) in [6.45, 7) is 0.306. The van der Waals surface area contributed by atoms with E-state index in [4.69, 9.17) is 18.0 Å². The smallest absolute Gasteiger partial charge is 0.255 e. The predicted octanol–water partition coefficient (Wildman–Crippen LogP) is 2.23. The van der Waals surface area contributed by atoms with E-state index in [1.165, 1.54) is 18.2 Å². The standard InChI is InChI=1S/C11H9ClFNO/c1-2-3-7-14-11(15)10-8(12)5-4-6-9(10)13/h1,4-6H,3,7H2,(H,14,15). The highest BCUT2D eigenvalue weighted by Gasteiger charge is 2.14. The van der Waals surface area contributed by atoms with Gasteiger partial charge in [0.1, 0.15) is 5.82 Å². The summed E-state index contributed by atoms with van der Waals surface area (Å²) in [5.74, 6) is 1.18. The lowest BCUT2D eigenvalue weighted by Gasteiger charge is -2.05. The van der Waals surface area contributed by atoms with Crippen LogP contribution in [0.3, 0.4) is 0 Å². The molecule has 1 amide bonds. The molecule has 0 radical (unpaired) electrons. The summed E-state index contributed by atoms with van der Waals surface area (Å²) in [4.78, 5) is 11.5. The van der Waals surface area contributed by atoms with Gasteiger partial charge in [0.2, 0.25) is 0 Å². The number of terminal acetylenes is 1. The molecule has 0 aliphatic heterocycles. The SMILES string of the molecule is C#CCCNC(=O)c1c(F)cccc1Cl. The normalized spacial score (nSPS) is 9.40. The monoisotopic (exact) mass is 225 g/mol. The zero-order valence-electron chi connectivity index (χ0n) is 7.89. The molecule has 1 aromatic rings. The number of amides is 1. The third-order valence-corrected chi connectivity index (χ3v) is 2.06. The fourth-order valence-electron chi connectivity index (χ4n) is 1.05. The van der Waals surface area contributed by atoms with E-state index in [-0.39, 0.29) is 10.6 Å². The molecule has 4 heteroatoms. The second-order valence-electron chi connectivity index (χ2n) is 2.81. The molecule has 0 saturated heterocycles. The molecule has 0 aromatic heterocycles. The molecular weight excluding hydrogens is 217 g/mol. The number of rotatable bonds is 3. The molecule has 1 N–H and O–H groups in total. The van der Waals surface area contributed by atoms with Crippen LogP contribution in [0.4, 0.5) is 4.39 Å². The van der Waals surface area contributed by atoms with Gasteiger partial charge in [-0.15, -0.1) is 12.3 Å². The third kappa shape index (κ3) is 2.97. The molecule has 0 atom stereocenters. The Bertz CT molecular complexity index is 391. The summed E-state index contributed by atoms with van der Waals surface area (Å²) in [6.07, 6.45) is 5.41. The molecule has 15 heavy (non-hydrogen) atoms. The summed E-state index contributed by atoms with van der Waals surface area (Å²) in [7, 11) is 0. The van der Waals surface area contributed by atoms with Crippen LogP contribution in [0.1, 0.15) is 16.8 Å². The molecule has 0 bridgehead atoms. The van der Waals surface area contributed by atoms with E-state index in [0.717, 1.165) is 0 Å². The van der Waals surface area contributed by atoms with Crippen molar-refractivity contribution in [2.75, 3.05) is 6.54 Å². The van der Waals surface area contributed by atoms with Crippen molar-refractivity contribution in [3.63, 3.8) is 0 Å². The van der Waals surface area contributed by atoms with Gasteiger partial charge in [-0.1, -0.05) is 17.7 Å². The Morgan fingerprint density at radius 2 is 2.33 bits per heavy atom. The first-order valence-electron chi connectivity index (χ1n) is 4.32. The van der Waals surface area contributed by atoms with Gasteiger partial charge in [-0.3, -0.25) is 4.79 Å². The second kappa shape index (κ2) is 5.38. The highest BCUT2D eigenvalue weighted by molar-refractivity contribution is 6.33. The van der Waals surface area contributed by atoms with Gasteiger partial charge in [-0.05, 0) is 12.1 Å². The third-order valence-electron chi connectivity index (χ3n) is 1.74. The highest BCUT2D eigenvalue weighted by Crippen LogP contribution is 2.18. The van der Waals surface area contributed by atoms with Crippen LogP contribution in [0.5, 0.6) is 0 Å². The van der Waals surface area contributed by atoms with Gasteiger partial charge < -0.3 is 5.32 Å². The van der Waals surface area contributed by atoms with Crippen molar-refractivity contribution in [2.45, 2.75) is 6.42 Å². The molecule has 0 aliphatic carbocycles. The van der Waals surface area contributed by atoms with Gasteiger partial charge in [-0.25, -0.2) is 4.39 Å². The average Bonchev–Trinajstić information content (AvgIpc) is 2.18. The number of hydrogen-bond donors (Lipinski definition) is 1. The van der Waals surface area contributed by atoms with E-state index in [1.54, 1.807) is 0 Å². The lowest BCUT2D eigenvalue weighted by molar-refractivity contribution is 0.0950. The van der Waals surface area contributed by atoms with Crippen LogP contribution in [0.2, 0.25) is 5.02 Å². The topological polar surface area (TPSA) is 29.1 Å². The summed E-state index contributed by atoms with van der Waals surface area (Å²) >= 11 is 5.70. The van der Waals surface area contributed by atoms with Crippen molar-refractivity contribution in [3.05, 3.63) is 34.6 Å². The lowest BCUT2D eigenvalue weighted by atomic mass is 10.2. The Labute approximate surface area is 92.4 Å². The Balaban J connectivity index is 2.78. The van der Waals surface area contributed by atoms with Crippen LogP contribution >= 0.6 is 11.6 Å². The van der Waals surface area contributed by atoms with E-state index < -0.39 is 11.7 Å². The predicted molar refractivity (Wildman–Crippen MR) is 57.2 cm³/mol. The molecule has 0 heterocycles. The molecule has 0 aliphatic rings. The van der Waals surface area contributed by atoms with Gasteiger partial charge in [0.15, 0.2) is 0 Å². The molecular formula is C11H9ClFNO. The zero-order valence-corrected chi connectivity index (χ0v) is 8.64. The maximum Gasteiger partial charge on any atom is 0.255 e. The first-order valence-corrected chi connectivity index (χ1v) is 4.70. The van der Waals surface area contributed by atoms with Crippen molar-refractivity contribution in [1.82, 2.24) is 5.32 Å². The fourth-order valence-corrected chi connectivity index (χ4v) is 1.30. The first-order chi connectivity index (χ1) is 7.16. The number of carbonyl (C=O) groups is 1. The Hall–Kier alpha value is -1.53. The fraction of sp³-hybridized carbons (Fsp3) is 0.182. The lowest BCUT2D eigenvalue weighted by Crippen LogP contribution is -2.25. The molecule has 1 rings (SSSR count). The summed E-state index contributed by atoms with van der Waals surface area (Å²) in [5.41, 5.74) is -0.142. The van der Waals surface area contributed by atoms with Gasteiger partial charge in [0.05, 0.1) is 10.6 Å². The maximum absolute atomic E-state index is 13.2. The van der Waals surface area contributed by atoms with Gasteiger partial charge in [0.25, 0.3) is 5.91 Å². The number of hydrogen-bond acceptors (Lipinski definition) is 1. The first kappa shape index (κ1) is 11.5. The minimum atomic E-state index is -0.638. The summed E-state index contributed by atoms with van der Waals surface area (Å²) in [6, 6.07) is 4.08. The van der Waals surface area contributed by atoms with Gasteiger partial charge in [-0.2, -0.15) is 0 Å². The Morgan fingerprint density at radius 1 is 1.60 bits per heavy atom. The van der Waals surface area contributed by atoms with Gasteiger partial charge in [0, 0.05) is 13.0 Å². The molecule has 78 valence electrons. The molecule has 2 nitrogen and oxygen atoms in total. The number of nitrogens with one attached hydrogen (secondary N) is 1.